The topological polar surface area (TPSA) is 71.4 Å². The quantitative estimate of drug-likeness (QED) is 0.297. The summed E-state index contributed by atoms with van der Waals surface area (Å²) in [6.45, 7) is 3.49. The van der Waals surface area contributed by atoms with Gasteiger partial charge in [-0.05, 0) is 59.5 Å². The largest absolute Gasteiger partial charge is 0.338 e. The van der Waals surface area contributed by atoms with Crippen LogP contribution in [0.4, 0.5) is 0 Å². The normalized spacial score (nSPS) is 11.2. The Balaban J connectivity index is 1.16. The van der Waals surface area contributed by atoms with Crippen LogP contribution >= 0.6 is 0 Å². The van der Waals surface area contributed by atoms with Crippen molar-refractivity contribution in [3.05, 3.63) is 120 Å². The van der Waals surface area contributed by atoms with E-state index in [1.807, 2.05) is 36.5 Å². The summed E-state index contributed by atoms with van der Waals surface area (Å²) in [5.41, 5.74) is 9.76. The fourth-order valence-corrected chi connectivity index (χ4v) is 4.42. The summed E-state index contributed by atoms with van der Waals surface area (Å²) in [6, 6.07) is 33.3. The van der Waals surface area contributed by atoms with E-state index in [2.05, 4.69) is 94.2 Å². The Morgan fingerprint density at radius 2 is 1.56 bits per heavy atom. The molecule has 0 aliphatic rings. The van der Waals surface area contributed by atoms with Crippen LogP contribution < -0.4 is 5.32 Å². The molecular formula is C30H26N6. The zero-order valence-corrected chi connectivity index (χ0v) is 20.0. The number of rotatable bonds is 7. The van der Waals surface area contributed by atoms with E-state index in [-0.39, 0.29) is 0 Å². The number of benzene rings is 4. The third-order valence-electron chi connectivity index (χ3n) is 6.27. The van der Waals surface area contributed by atoms with E-state index in [0.29, 0.717) is 6.54 Å². The number of imidazole rings is 1. The first-order valence-electron chi connectivity index (χ1n) is 12.1. The van der Waals surface area contributed by atoms with Crippen molar-refractivity contribution < 1.29 is 0 Å². The first kappa shape index (κ1) is 21.9. The Labute approximate surface area is 209 Å². The van der Waals surface area contributed by atoms with Gasteiger partial charge < -0.3 is 10.3 Å². The van der Waals surface area contributed by atoms with Crippen LogP contribution in [0.15, 0.2) is 103 Å². The van der Waals surface area contributed by atoms with Gasteiger partial charge in [-0.2, -0.15) is 15.0 Å². The van der Waals surface area contributed by atoms with Crippen LogP contribution in [0.5, 0.6) is 0 Å². The fraction of sp³-hybridized carbons (Fsp3) is 0.100. The summed E-state index contributed by atoms with van der Waals surface area (Å²) < 4.78 is 0. The summed E-state index contributed by atoms with van der Waals surface area (Å²) in [5.74, 6) is 0.891. The van der Waals surface area contributed by atoms with Crippen LogP contribution in [0.3, 0.4) is 0 Å². The van der Waals surface area contributed by atoms with Crippen LogP contribution in [-0.4, -0.2) is 25.0 Å². The number of aromatic nitrogens is 5. The average molecular weight is 471 g/mol. The molecule has 6 rings (SSSR count). The molecule has 0 amide bonds. The van der Waals surface area contributed by atoms with Gasteiger partial charge in [-0.1, -0.05) is 66.7 Å². The van der Waals surface area contributed by atoms with Gasteiger partial charge >= 0.3 is 0 Å². The Kier molecular flexibility index (Phi) is 5.85. The highest BCUT2D eigenvalue weighted by molar-refractivity contribution is 5.83. The highest BCUT2D eigenvalue weighted by Crippen LogP contribution is 2.27. The lowest BCUT2D eigenvalue weighted by Crippen LogP contribution is -2.13. The number of para-hydroxylation sites is 2. The number of aromatic amines is 1. The van der Waals surface area contributed by atoms with E-state index in [4.69, 9.17) is 4.98 Å². The van der Waals surface area contributed by atoms with Gasteiger partial charge in [0.15, 0.2) is 0 Å². The zero-order valence-electron chi connectivity index (χ0n) is 20.0. The van der Waals surface area contributed by atoms with Crippen molar-refractivity contribution in [3.8, 4) is 28.2 Å². The van der Waals surface area contributed by atoms with Gasteiger partial charge in [-0.25, -0.2) is 4.98 Å². The number of hydrogen-bond acceptors (Lipinski definition) is 4. The molecule has 6 nitrogen and oxygen atoms in total. The number of H-pyrrole nitrogens is 1. The minimum Gasteiger partial charge on any atom is -0.338 e. The van der Waals surface area contributed by atoms with E-state index in [1.165, 1.54) is 16.7 Å². The Bertz CT molecular complexity index is 1630. The van der Waals surface area contributed by atoms with E-state index in [0.717, 1.165) is 45.9 Å². The third kappa shape index (κ3) is 4.54. The van der Waals surface area contributed by atoms with Crippen LogP contribution in [0, 0.1) is 6.92 Å². The number of aryl methyl sites for hydroxylation is 1. The van der Waals surface area contributed by atoms with Gasteiger partial charge in [0.05, 0.1) is 28.6 Å². The van der Waals surface area contributed by atoms with Crippen molar-refractivity contribution in [3.63, 3.8) is 0 Å². The molecule has 0 bridgehead atoms. The van der Waals surface area contributed by atoms with E-state index >= 15 is 0 Å². The second-order valence-electron chi connectivity index (χ2n) is 8.90. The monoisotopic (exact) mass is 470 g/mol. The van der Waals surface area contributed by atoms with E-state index in [1.54, 1.807) is 4.80 Å². The number of hydrogen-bond donors (Lipinski definition) is 2. The lowest BCUT2D eigenvalue weighted by Gasteiger charge is -2.08. The van der Waals surface area contributed by atoms with Crippen molar-refractivity contribution in [2.45, 2.75) is 20.0 Å². The maximum absolute atomic E-state index is 4.85. The third-order valence-corrected chi connectivity index (χ3v) is 6.27. The van der Waals surface area contributed by atoms with Gasteiger partial charge in [-0.15, -0.1) is 0 Å². The second-order valence-corrected chi connectivity index (χ2v) is 8.90. The maximum atomic E-state index is 4.85. The average Bonchev–Trinajstić information content (AvgIpc) is 3.58. The predicted molar refractivity (Wildman–Crippen MR) is 144 cm³/mol. The molecule has 0 unspecified atom stereocenters. The molecule has 2 aromatic heterocycles. The second kappa shape index (κ2) is 9.60. The molecule has 0 aliphatic carbocycles. The molecule has 4 aromatic carbocycles. The van der Waals surface area contributed by atoms with Crippen molar-refractivity contribution >= 4 is 11.0 Å². The molecule has 0 saturated carbocycles. The molecule has 36 heavy (non-hydrogen) atoms. The zero-order chi connectivity index (χ0) is 24.3. The van der Waals surface area contributed by atoms with Gasteiger partial charge in [0, 0.05) is 18.7 Å². The number of fused-ring (bicyclic) bond motifs is 1. The summed E-state index contributed by atoms with van der Waals surface area (Å²) in [4.78, 5) is 9.97. The minimum atomic E-state index is 0.651. The van der Waals surface area contributed by atoms with E-state index < -0.39 is 0 Å². The van der Waals surface area contributed by atoms with Crippen molar-refractivity contribution in [2.75, 3.05) is 0 Å². The standard InChI is InChI=1S/C30H26N6/c1-21-8-5-15-28-29(21)34-30(33-28)25-12-7-11-24(17-25)23-10-6-9-22(16-23)18-31-19-26-20-32-36(35-26)27-13-3-2-4-14-27/h2-17,20,31H,18-19H2,1H3,(H,33,34). The fourth-order valence-electron chi connectivity index (χ4n) is 4.42. The molecule has 2 heterocycles. The van der Waals surface area contributed by atoms with Crippen molar-refractivity contribution in [1.29, 1.82) is 0 Å². The maximum Gasteiger partial charge on any atom is 0.138 e. The SMILES string of the molecule is Cc1cccc2[nH]c(-c3cccc(-c4cccc(CNCc5cnn(-c6ccccc6)n5)c4)c3)nc12. The van der Waals surface area contributed by atoms with Crippen LogP contribution in [0.25, 0.3) is 39.2 Å². The molecule has 176 valence electrons. The van der Waals surface area contributed by atoms with Gasteiger partial charge in [0.2, 0.25) is 0 Å². The Morgan fingerprint density at radius 3 is 2.42 bits per heavy atom. The van der Waals surface area contributed by atoms with Gasteiger partial charge in [-0.3, -0.25) is 0 Å². The summed E-state index contributed by atoms with van der Waals surface area (Å²) in [7, 11) is 0. The highest BCUT2D eigenvalue weighted by Gasteiger charge is 2.09. The molecule has 6 heteroatoms. The lowest BCUT2D eigenvalue weighted by molar-refractivity contribution is 0.662. The minimum absolute atomic E-state index is 0.651. The molecule has 0 saturated heterocycles. The first-order valence-corrected chi connectivity index (χ1v) is 12.1. The molecule has 0 atom stereocenters. The Hall–Kier alpha value is -4.55. The van der Waals surface area contributed by atoms with Crippen molar-refractivity contribution in [1.82, 2.24) is 30.3 Å². The first-order chi connectivity index (χ1) is 17.7. The van der Waals surface area contributed by atoms with Crippen molar-refractivity contribution in [2.24, 2.45) is 0 Å². The molecule has 2 N–H and O–H groups in total. The summed E-state index contributed by atoms with van der Waals surface area (Å²) >= 11 is 0. The summed E-state index contributed by atoms with van der Waals surface area (Å²) in [6.07, 6.45) is 1.81. The smallest absolute Gasteiger partial charge is 0.138 e. The van der Waals surface area contributed by atoms with Crippen LogP contribution in [0.2, 0.25) is 0 Å². The predicted octanol–water partition coefficient (Wildman–Crippen LogP) is 6.08. The molecule has 0 aliphatic heterocycles. The van der Waals surface area contributed by atoms with Gasteiger partial charge in [0.1, 0.15) is 5.82 Å². The highest BCUT2D eigenvalue weighted by atomic mass is 15.5. The molecule has 0 radical (unpaired) electrons. The molecule has 6 aromatic rings. The molecule has 0 fully saturated rings. The van der Waals surface area contributed by atoms with E-state index in [9.17, 15) is 0 Å². The number of nitrogens with zero attached hydrogens (tertiary/aromatic N) is 4. The number of nitrogens with one attached hydrogen (secondary N) is 2. The Morgan fingerprint density at radius 1 is 0.778 bits per heavy atom. The summed E-state index contributed by atoms with van der Waals surface area (Å²) in [5, 5.41) is 12.4. The van der Waals surface area contributed by atoms with Crippen LogP contribution in [0.1, 0.15) is 16.8 Å². The van der Waals surface area contributed by atoms with Gasteiger partial charge in [0.25, 0.3) is 0 Å². The molecular weight excluding hydrogens is 444 g/mol. The molecule has 0 spiro atoms. The van der Waals surface area contributed by atoms with Crippen LogP contribution in [-0.2, 0) is 13.1 Å². The lowest BCUT2D eigenvalue weighted by atomic mass is 10.0.